The number of carbonyl (C=O) groups is 2. The number of benzene rings is 2. The van der Waals surface area contributed by atoms with Crippen LogP contribution in [0.5, 0.6) is 0 Å². The second-order valence-corrected chi connectivity index (χ2v) is 6.78. The maximum absolute atomic E-state index is 13.0. The third kappa shape index (κ3) is 3.62. The molecule has 0 unspecified atom stereocenters. The van der Waals surface area contributed by atoms with Crippen LogP contribution >= 0.6 is 24.0 Å². The number of hydrogen-bond acceptors (Lipinski definition) is 5. The lowest BCUT2D eigenvalue weighted by Crippen LogP contribution is -2.27. The van der Waals surface area contributed by atoms with Crippen molar-refractivity contribution in [3.63, 3.8) is 0 Å². The molecule has 3 rings (SSSR count). The molecule has 1 saturated heterocycles. The average Bonchev–Trinajstić information content (AvgIpc) is 2.90. The van der Waals surface area contributed by atoms with E-state index in [1.807, 2.05) is 0 Å². The Morgan fingerprint density at radius 1 is 1.16 bits per heavy atom. The van der Waals surface area contributed by atoms with E-state index in [2.05, 4.69) is 4.74 Å². The van der Waals surface area contributed by atoms with Crippen LogP contribution in [0.3, 0.4) is 0 Å². The van der Waals surface area contributed by atoms with Gasteiger partial charge in [-0.05, 0) is 48.0 Å². The Morgan fingerprint density at radius 3 is 2.40 bits per heavy atom. The summed E-state index contributed by atoms with van der Waals surface area (Å²) in [5.41, 5.74) is 1.67. The first kappa shape index (κ1) is 17.3. The van der Waals surface area contributed by atoms with E-state index in [4.69, 9.17) is 12.2 Å². The third-order valence-corrected chi connectivity index (χ3v) is 4.81. The molecule has 0 saturated carbocycles. The number of rotatable bonds is 3. The Labute approximate surface area is 153 Å². The molecule has 0 aliphatic carbocycles. The zero-order valence-corrected chi connectivity index (χ0v) is 14.7. The van der Waals surface area contributed by atoms with Crippen LogP contribution in [0.25, 0.3) is 6.08 Å². The topological polar surface area (TPSA) is 46.6 Å². The van der Waals surface area contributed by atoms with E-state index in [1.54, 1.807) is 42.5 Å². The molecular formula is C18H12FNO3S2. The maximum atomic E-state index is 13.0. The fourth-order valence-electron chi connectivity index (χ4n) is 2.27. The van der Waals surface area contributed by atoms with Crippen molar-refractivity contribution >= 4 is 51.9 Å². The van der Waals surface area contributed by atoms with E-state index in [0.29, 0.717) is 26.0 Å². The number of halogens is 1. The number of amides is 1. The first-order valence-electron chi connectivity index (χ1n) is 7.21. The van der Waals surface area contributed by atoms with Gasteiger partial charge in [-0.25, -0.2) is 9.18 Å². The lowest BCUT2D eigenvalue weighted by molar-refractivity contribution is -0.113. The Hall–Kier alpha value is -2.51. The number of thiocarbonyl (C=S) groups is 1. The fourth-order valence-corrected chi connectivity index (χ4v) is 3.56. The molecule has 4 nitrogen and oxygen atoms in total. The highest BCUT2D eigenvalue weighted by Gasteiger charge is 2.33. The summed E-state index contributed by atoms with van der Waals surface area (Å²) in [5, 5.41) is 0. The standard InChI is InChI=1S/C18H12FNO3S2/c1-23-17(22)12-4-8-14(9-5-12)20-16(21)15(25-18(20)24)10-11-2-6-13(19)7-3-11/h2-10H,1H3. The summed E-state index contributed by atoms with van der Waals surface area (Å²) in [5.74, 6) is -1.05. The van der Waals surface area contributed by atoms with Gasteiger partial charge in [0, 0.05) is 0 Å². The lowest BCUT2D eigenvalue weighted by atomic mass is 10.2. The summed E-state index contributed by atoms with van der Waals surface area (Å²) in [6.07, 6.45) is 1.67. The lowest BCUT2D eigenvalue weighted by Gasteiger charge is -2.14. The van der Waals surface area contributed by atoms with Gasteiger partial charge in [0.05, 0.1) is 23.3 Å². The largest absolute Gasteiger partial charge is 0.465 e. The average molecular weight is 373 g/mol. The van der Waals surface area contributed by atoms with Crippen molar-refractivity contribution < 1.29 is 18.7 Å². The number of thioether (sulfide) groups is 1. The Morgan fingerprint density at radius 2 is 1.80 bits per heavy atom. The number of hydrogen-bond donors (Lipinski definition) is 0. The van der Waals surface area contributed by atoms with Crippen molar-refractivity contribution in [3.05, 3.63) is 70.4 Å². The van der Waals surface area contributed by atoms with E-state index in [0.717, 1.165) is 0 Å². The van der Waals surface area contributed by atoms with E-state index in [1.165, 1.54) is 35.9 Å². The Balaban J connectivity index is 1.86. The second kappa shape index (κ2) is 7.16. The quantitative estimate of drug-likeness (QED) is 0.462. The minimum absolute atomic E-state index is 0.259. The van der Waals surface area contributed by atoms with Crippen molar-refractivity contribution in [1.82, 2.24) is 0 Å². The van der Waals surface area contributed by atoms with Crippen LogP contribution in [0.2, 0.25) is 0 Å². The molecule has 0 radical (unpaired) electrons. The molecule has 2 aromatic carbocycles. The molecule has 0 N–H and O–H groups in total. The minimum atomic E-state index is -0.451. The second-order valence-electron chi connectivity index (χ2n) is 5.11. The van der Waals surface area contributed by atoms with Gasteiger partial charge >= 0.3 is 5.97 Å². The van der Waals surface area contributed by atoms with Gasteiger partial charge in [-0.15, -0.1) is 0 Å². The molecule has 0 aromatic heterocycles. The highest BCUT2D eigenvalue weighted by atomic mass is 32.2. The normalized spacial score (nSPS) is 15.8. The zero-order chi connectivity index (χ0) is 18.0. The van der Waals surface area contributed by atoms with Crippen LogP contribution in [0.15, 0.2) is 53.4 Å². The van der Waals surface area contributed by atoms with Crippen molar-refractivity contribution in [1.29, 1.82) is 0 Å². The first-order valence-corrected chi connectivity index (χ1v) is 8.44. The van der Waals surface area contributed by atoms with Crippen LogP contribution in [-0.2, 0) is 9.53 Å². The predicted octanol–water partition coefficient (Wildman–Crippen LogP) is 4.02. The predicted molar refractivity (Wildman–Crippen MR) is 99.8 cm³/mol. The van der Waals surface area contributed by atoms with Gasteiger partial charge < -0.3 is 4.74 Å². The number of esters is 1. The molecular weight excluding hydrogens is 361 g/mol. The summed E-state index contributed by atoms with van der Waals surface area (Å²) >= 11 is 6.47. The van der Waals surface area contributed by atoms with E-state index < -0.39 is 5.97 Å². The molecule has 0 bridgehead atoms. The Bertz CT molecular complexity index is 876. The zero-order valence-electron chi connectivity index (χ0n) is 13.1. The summed E-state index contributed by atoms with van der Waals surface area (Å²) in [7, 11) is 1.30. The highest BCUT2D eigenvalue weighted by Crippen LogP contribution is 2.36. The van der Waals surface area contributed by atoms with Crippen molar-refractivity contribution in [2.45, 2.75) is 0 Å². The molecule has 25 heavy (non-hydrogen) atoms. The third-order valence-electron chi connectivity index (χ3n) is 3.51. The molecule has 1 fully saturated rings. The number of ether oxygens (including phenoxy) is 1. The van der Waals surface area contributed by atoms with E-state index in [-0.39, 0.29) is 11.7 Å². The van der Waals surface area contributed by atoms with Crippen molar-refractivity contribution in [2.75, 3.05) is 12.0 Å². The van der Waals surface area contributed by atoms with Gasteiger partial charge in [0.15, 0.2) is 4.32 Å². The number of anilines is 1. The molecule has 0 atom stereocenters. The molecule has 0 spiro atoms. The van der Waals surface area contributed by atoms with Gasteiger partial charge in [-0.2, -0.15) is 0 Å². The van der Waals surface area contributed by atoms with Crippen LogP contribution < -0.4 is 4.90 Å². The van der Waals surface area contributed by atoms with E-state index >= 15 is 0 Å². The SMILES string of the molecule is COC(=O)c1ccc(N2C(=O)C(=Cc3ccc(F)cc3)SC2=S)cc1. The smallest absolute Gasteiger partial charge is 0.337 e. The van der Waals surface area contributed by atoms with E-state index in [9.17, 15) is 14.0 Å². The molecule has 1 aliphatic heterocycles. The van der Waals surface area contributed by atoms with Gasteiger partial charge in [0.1, 0.15) is 5.82 Å². The fraction of sp³-hybridized carbons (Fsp3) is 0.0556. The first-order chi connectivity index (χ1) is 12.0. The number of carbonyl (C=O) groups excluding carboxylic acids is 2. The minimum Gasteiger partial charge on any atom is -0.465 e. The molecule has 1 heterocycles. The number of methoxy groups -OCH3 is 1. The van der Waals surface area contributed by atoms with Crippen LogP contribution in [0, 0.1) is 5.82 Å². The van der Waals surface area contributed by atoms with Crippen molar-refractivity contribution in [2.24, 2.45) is 0 Å². The van der Waals surface area contributed by atoms with Crippen LogP contribution in [0.4, 0.5) is 10.1 Å². The monoisotopic (exact) mass is 373 g/mol. The summed E-state index contributed by atoms with van der Waals surface area (Å²) < 4.78 is 18.0. The summed E-state index contributed by atoms with van der Waals surface area (Å²) in [6, 6.07) is 12.3. The maximum Gasteiger partial charge on any atom is 0.337 e. The molecule has 2 aromatic rings. The Kier molecular flexibility index (Phi) is 4.96. The highest BCUT2D eigenvalue weighted by molar-refractivity contribution is 8.27. The summed E-state index contributed by atoms with van der Waals surface area (Å²) in [6.45, 7) is 0. The van der Waals surface area contributed by atoms with Gasteiger partial charge in [-0.3, -0.25) is 9.69 Å². The molecule has 1 aliphatic rings. The molecule has 7 heteroatoms. The van der Waals surface area contributed by atoms with Gasteiger partial charge in [0.25, 0.3) is 5.91 Å². The molecule has 126 valence electrons. The van der Waals surface area contributed by atoms with Crippen LogP contribution in [0.1, 0.15) is 15.9 Å². The number of nitrogens with zero attached hydrogens (tertiary/aromatic N) is 1. The van der Waals surface area contributed by atoms with Crippen molar-refractivity contribution in [3.8, 4) is 0 Å². The summed E-state index contributed by atoms with van der Waals surface area (Å²) in [4.78, 5) is 26.0. The van der Waals surface area contributed by atoms with Gasteiger partial charge in [0.2, 0.25) is 0 Å². The van der Waals surface area contributed by atoms with Crippen LogP contribution in [-0.4, -0.2) is 23.3 Å². The molecule has 1 amide bonds. The van der Waals surface area contributed by atoms with Gasteiger partial charge in [-0.1, -0.05) is 36.1 Å².